The van der Waals surface area contributed by atoms with Crippen molar-refractivity contribution in [1.82, 2.24) is 20.0 Å². The van der Waals surface area contributed by atoms with Crippen LogP contribution in [0.4, 0.5) is 4.79 Å². The molecule has 0 saturated carbocycles. The number of nitrogens with zero attached hydrogens (tertiary/aromatic N) is 3. The summed E-state index contributed by atoms with van der Waals surface area (Å²) >= 11 is 13.4. The van der Waals surface area contributed by atoms with Gasteiger partial charge in [0, 0.05) is 50.2 Å². The maximum Gasteiger partial charge on any atom is 0.318 e. The summed E-state index contributed by atoms with van der Waals surface area (Å²) in [4.78, 5) is 33.3. The van der Waals surface area contributed by atoms with Crippen molar-refractivity contribution >= 4 is 47.5 Å². The zero-order chi connectivity index (χ0) is 32.0. The predicted octanol–water partition coefficient (Wildman–Crippen LogP) is 7.40. The Morgan fingerprint density at radius 3 is 2.17 bits per heavy atom. The highest BCUT2D eigenvalue weighted by Gasteiger charge is 2.42. The number of hydrogen-bond donors (Lipinski definition) is 1. The molecule has 7 nitrogen and oxygen atoms in total. The number of amides is 3. The minimum atomic E-state index is -0.398. The van der Waals surface area contributed by atoms with E-state index in [0.29, 0.717) is 48.5 Å². The molecule has 6 rings (SSSR count). The van der Waals surface area contributed by atoms with Gasteiger partial charge in [-0.3, -0.25) is 4.79 Å². The summed E-state index contributed by atoms with van der Waals surface area (Å²) in [6.45, 7) is 6.48. The highest BCUT2D eigenvalue weighted by atomic mass is 35.5. The van der Waals surface area contributed by atoms with Crippen molar-refractivity contribution in [3.05, 3.63) is 106 Å². The van der Waals surface area contributed by atoms with E-state index in [-0.39, 0.29) is 29.8 Å². The Bertz CT molecular complexity index is 1480. The first-order valence-corrected chi connectivity index (χ1v) is 17.4. The molecule has 1 N–H and O–H groups in total. The van der Waals surface area contributed by atoms with Gasteiger partial charge in [0.1, 0.15) is 0 Å². The Kier molecular flexibility index (Phi) is 12.1. The van der Waals surface area contributed by atoms with Gasteiger partial charge >= 0.3 is 6.03 Å². The minimum absolute atomic E-state index is 0. The Morgan fingerprint density at radius 2 is 1.47 bits per heavy atom. The van der Waals surface area contributed by atoms with Crippen molar-refractivity contribution in [2.75, 3.05) is 59.0 Å². The van der Waals surface area contributed by atoms with E-state index < -0.39 is 5.54 Å². The van der Waals surface area contributed by atoms with Crippen LogP contribution in [0.15, 0.2) is 78.9 Å². The van der Waals surface area contributed by atoms with Crippen LogP contribution in [0.5, 0.6) is 0 Å². The highest BCUT2D eigenvalue weighted by Crippen LogP contribution is 2.44. The van der Waals surface area contributed by atoms with Gasteiger partial charge in [0.15, 0.2) is 0 Å². The Morgan fingerprint density at radius 1 is 0.787 bits per heavy atom. The van der Waals surface area contributed by atoms with Gasteiger partial charge < -0.3 is 24.8 Å². The van der Waals surface area contributed by atoms with Crippen molar-refractivity contribution in [2.24, 2.45) is 0 Å². The molecular weight excluding hydrogens is 655 g/mol. The number of nitrogens with one attached hydrogen (secondary N) is 1. The molecule has 1 atom stereocenters. The molecule has 10 heteroatoms. The number of morpholine rings is 1. The van der Waals surface area contributed by atoms with E-state index in [2.05, 4.69) is 40.5 Å². The maximum absolute atomic E-state index is 13.6. The largest absolute Gasteiger partial charge is 0.378 e. The SMILES string of the molecule is Cl.O=C(NC1(c2ccccc2)CCN(CCCC2(c3cccc(Cl)c3Cl)CCCN(C(=O)c3ccccc3)C2)CC1)N1CCOCC1. The molecular formula is C37H45Cl3N4O3. The lowest BCUT2D eigenvalue weighted by Crippen LogP contribution is -2.57. The summed E-state index contributed by atoms with van der Waals surface area (Å²) in [6.07, 6.45) is 5.42. The van der Waals surface area contributed by atoms with E-state index in [9.17, 15) is 9.59 Å². The molecule has 0 aliphatic carbocycles. The number of carbonyl (C=O) groups excluding carboxylic acids is 2. The van der Waals surface area contributed by atoms with Gasteiger partial charge in [-0.1, -0.05) is 83.9 Å². The van der Waals surface area contributed by atoms with Crippen LogP contribution < -0.4 is 5.32 Å². The third-order valence-electron chi connectivity index (χ3n) is 10.2. The summed E-state index contributed by atoms with van der Waals surface area (Å²) in [5, 5.41) is 4.61. The zero-order valence-electron chi connectivity index (χ0n) is 26.8. The van der Waals surface area contributed by atoms with E-state index in [1.165, 1.54) is 0 Å². The smallest absolute Gasteiger partial charge is 0.318 e. The maximum atomic E-state index is 13.6. The fraction of sp³-hybridized carbons (Fsp3) is 0.459. The van der Waals surface area contributed by atoms with Gasteiger partial charge in [0.05, 0.1) is 28.8 Å². The second-order valence-electron chi connectivity index (χ2n) is 13.0. The fourth-order valence-electron chi connectivity index (χ4n) is 7.63. The molecule has 3 aromatic carbocycles. The first-order chi connectivity index (χ1) is 22.4. The topological polar surface area (TPSA) is 65.1 Å². The van der Waals surface area contributed by atoms with Crippen molar-refractivity contribution < 1.29 is 14.3 Å². The van der Waals surface area contributed by atoms with Crippen LogP contribution in [0.25, 0.3) is 0 Å². The third kappa shape index (κ3) is 8.09. The van der Waals surface area contributed by atoms with Gasteiger partial charge in [-0.15, -0.1) is 12.4 Å². The summed E-state index contributed by atoms with van der Waals surface area (Å²) in [5.74, 6) is 0.0650. The molecule has 0 aromatic heterocycles. The number of piperidine rings is 2. The third-order valence-corrected chi connectivity index (χ3v) is 11.0. The molecule has 3 saturated heterocycles. The minimum Gasteiger partial charge on any atom is -0.378 e. The van der Waals surface area contributed by atoms with Crippen LogP contribution in [0.1, 0.15) is 60.0 Å². The molecule has 3 aliphatic heterocycles. The van der Waals surface area contributed by atoms with Gasteiger partial charge in [-0.25, -0.2) is 4.79 Å². The quantitative estimate of drug-likeness (QED) is 0.266. The van der Waals surface area contributed by atoms with Crippen LogP contribution >= 0.6 is 35.6 Å². The van der Waals surface area contributed by atoms with Crippen LogP contribution in [0, 0.1) is 0 Å². The van der Waals surface area contributed by atoms with Crippen molar-refractivity contribution in [3.63, 3.8) is 0 Å². The molecule has 0 spiro atoms. The average molecular weight is 700 g/mol. The van der Waals surface area contributed by atoms with Gasteiger partial charge in [-0.2, -0.15) is 0 Å². The predicted molar refractivity (Wildman–Crippen MR) is 191 cm³/mol. The first kappa shape index (κ1) is 35.5. The van der Waals surface area contributed by atoms with E-state index in [4.69, 9.17) is 27.9 Å². The normalized spacial score (nSPS) is 21.5. The van der Waals surface area contributed by atoms with Gasteiger partial charge in [-0.05, 0) is 74.4 Å². The van der Waals surface area contributed by atoms with Crippen LogP contribution in [0.3, 0.4) is 0 Å². The molecule has 1 unspecified atom stereocenters. The van der Waals surface area contributed by atoms with Crippen molar-refractivity contribution in [1.29, 1.82) is 0 Å². The van der Waals surface area contributed by atoms with E-state index in [1.54, 1.807) is 0 Å². The number of rotatable bonds is 8. The monoisotopic (exact) mass is 698 g/mol. The highest BCUT2D eigenvalue weighted by molar-refractivity contribution is 6.42. The van der Waals surface area contributed by atoms with E-state index in [1.807, 2.05) is 58.3 Å². The summed E-state index contributed by atoms with van der Waals surface area (Å²) in [7, 11) is 0. The molecule has 3 heterocycles. The lowest BCUT2D eigenvalue weighted by Gasteiger charge is -2.45. The molecule has 3 fully saturated rings. The lowest BCUT2D eigenvalue weighted by molar-refractivity contribution is 0.0476. The molecule has 3 amide bonds. The number of carbonyl (C=O) groups is 2. The van der Waals surface area contributed by atoms with Crippen molar-refractivity contribution in [2.45, 2.75) is 49.5 Å². The fourth-order valence-corrected chi connectivity index (χ4v) is 8.13. The molecule has 0 bridgehead atoms. The lowest BCUT2D eigenvalue weighted by atomic mass is 9.70. The number of benzene rings is 3. The molecule has 252 valence electrons. The van der Waals surface area contributed by atoms with Crippen molar-refractivity contribution in [3.8, 4) is 0 Å². The number of urea groups is 1. The number of hydrogen-bond acceptors (Lipinski definition) is 4. The summed E-state index contributed by atoms with van der Waals surface area (Å²) in [6, 6.07) is 25.9. The second-order valence-corrected chi connectivity index (χ2v) is 13.8. The summed E-state index contributed by atoms with van der Waals surface area (Å²) < 4.78 is 5.47. The van der Waals surface area contributed by atoms with Gasteiger partial charge in [0.25, 0.3) is 5.91 Å². The number of halogens is 3. The summed E-state index contributed by atoms with van der Waals surface area (Å²) in [5.41, 5.74) is 2.24. The molecule has 3 aliphatic rings. The number of likely N-dealkylation sites (tertiary alicyclic amines) is 2. The molecule has 0 radical (unpaired) electrons. The first-order valence-electron chi connectivity index (χ1n) is 16.6. The van der Waals surface area contributed by atoms with Crippen LogP contribution in [-0.2, 0) is 15.7 Å². The standard InChI is InChI=1S/C37H44Cl2N4O3.ClH/c38-32-15-7-14-31(33(32)39)36(17-9-21-43(28-36)34(44)29-10-3-1-4-11-29)16-8-20-41-22-18-37(19-23-41,30-12-5-2-6-13-30)40-35(45)42-24-26-46-27-25-42;/h1-7,10-15H,8-9,16-28H2,(H,40,45);1H. The Hall–Kier alpha value is -2.81. The Labute approximate surface area is 294 Å². The second kappa shape index (κ2) is 16.1. The van der Waals surface area contributed by atoms with Gasteiger partial charge in [0.2, 0.25) is 0 Å². The average Bonchev–Trinajstić information content (AvgIpc) is 3.11. The molecule has 3 aromatic rings. The van der Waals surface area contributed by atoms with Crippen LogP contribution in [0.2, 0.25) is 10.0 Å². The Balaban J connectivity index is 0.00000433. The van der Waals surface area contributed by atoms with Crippen LogP contribution in [-0.4, -0.2) is 85.7 Å². The zero-order valence-corrected chi connectivity index (χ0v) is 29.2. The molecule has 47 heavy (non-hydrogen) atoms. The number of ether oxygens (including phenoxy) is 1. The van der Waals surface area contributed by atoms with E-state index >= 15 is 0 Å². The van der Waals surface area contributed by atoms with E-state index in [0.717, 1.165) is 75.8 Å².